The third-order valence-electron chi connectivity index (χ3n) is 2.04. The minimum atomic E-state index is -0.977. The van der Waals surface area contributed by atoms with E-state index in [0.717, 1.165) is 0 Å². The lowest BCUT2D eigenvalue weighted by Gasteiger charge is -2.03. The second-order valence-electron chi connectivity index (χ2n) is 3.52. The Labute approximate surface area is 100 Å². The maximum atomic E-state index is 11.3. The summed E-state index contributed by atoms with van der Waals surface area (Å²) in [7, 11) is 0. The average molecular weight is 242 g/mol. The highest BCUT2D eigenvalue weighted by Crippen LogP contribution is 2.01. The van der Waals surface area contributed by atoms with Gasteiger partial charge in [0.05, 0.1) is 6.61 Å². The number of rotatable bonds is 7. The third kappa shape index (κ3) is 7.30. The topological polar surface area (TPSA) is 83.8 Å². The van der Waals surface area contributed by atoms with Gasteiger partial charge in [0.25, 0.3) is 0 Å². The first kappa shape index (κ1) is 15.4. The smallest absolute Gasteiger partial charge is 0.333 e. The molecule has 0 saturated carbocycles. The first-order valence-electron chi connectivity index (χ1n) is 5.33. The lowest BCUT2D eigenvalue weighted by molar-refractivity contribution is -0.138. The van der Waals surface area contributed by atoms with E-state index in [2.05, 4.69) is 0 Å². The number of carbonyl (C=O) groups is 2. The number of carboxylic acids is 1. The van der Waals surface area contributed by atoms with Gasteiger partial charge in [-0.25, -0.2) is 9.59 Å². The van der Waals surface area contributed by atoms with Crippen molar-refractivity contribution in [1.29, 1.82) is 0 Å². The van der Waals surface area contributed by atoms with Gasteiger partial charge in [-0.05, 0) is 20.3 Å². The van der Waals surface area contributed by atoms with Crippen LogP contribution in [-0.2, 0) is 14.3 Å². The summed E-state index contributed by atoms with van der Waals surface area (Å²) < 4.78 is 4.90. The molecule has 0 saturated heterocycles. The van der Waals surface area contributed by atoms with Crippen molar-refractivity contribution in [2.24, 2.45) is 0 Å². The molecular formula is C12H18O5. The normalized spacial score (nSPS) is 12.4. The number of aliphatic hydroxyl groups excluding tert-OH is 1. The van der Waals surface area contributed by atoms with Crippen LogP contribution in [-0.4, -0.2) is 35.4 Å². The molecule has 0 atom stereocenters. The molecule has 17 heavy (non-hydrogen) atoms. The van der Waals surface area contributed by atoms with E-state index in [0.29, 0.717) is 18.4 Å². The molecule has 0 rings (SSSR count). The molecular weight excluding hydrogens is 224 g/mol. The van der Waals surface area contributed by atoms with Crippen LogP contribution in [0.4, 0.5) is 0 Å². The van der Waals surface area contributed by atoms with Crippen molar-refractivity contribution in [2.75, 3.05) is 13.2 Å². The molecule has 0 bridgehead atoms. The molecule has 0 aromatic carbocycles. The molecule has 0 aliphatic rings. The number of hydrogen-bond donors (Lipinski definition) is 2. The van der Waals surface area contributed by atoms with Gasteiger partial charge in [-0.1, -0.05) is 12.2 Å². The van der Waals surface area contributed by atoms with E-state index in [1.54, 1.807) is 13.0 Å². The summed E-state index contributed by atoms with van der Waals surface area (Å²) >= 11 is 0. The van der Waals surface area contributed by atoms with Crippen LogP contribution >= 0.6 is 0 Å². The van der Waals surface area contributed by atoms with Crippen molar-refractivity contribution in [2.45, 2.75) is 26.7 Å². The predicted octanol–water partition coefficient (Wildman–Crippen LogP) is 1.28. The van der Waals surface area contributed by atoms with Crippen LogP contribution < -0.4 is 0 Å². The number of carbonyl (C=O) groups excluding carboxylic acids is 1. The number of hydrogen-bond acceptors (Lipinski definition) is 4. The van der Waals surface area contributed by atoms with Crippen LogP contribution in [0.1, 0.15) is 26.7 Å². The van der Waals surface area contributed by atoms with Crippen LogP contribution in [0, 0.1) is 0 Å². The van der Waals surface area contributed by atoms with E-state index >= 15 is 0 Å². The van der Waals surface area contributed by atoms with Gasteiger partial charge in [-0.3, -0.25) is 0 Å². The summed E-state index contributed by atoms with van der Waals surface area (Å²) in [5, 5.41) is 17.1. The minimum Gasteiger partial charge on any atom is -0.478 e. The van der Waals surface area contributed by atoms with Crippen LogP contribution in [0.3, 0.4) is 0 Å². The van der Waals surface area contributed by atoms with E-state index in [9.17, 15) is 9.59 Å². The minimum absolute atomic E-state index is 0.00877. The second kappa shape index (κ2) is 8.52. The highest BCUT2D eigenvalue weighted by molar-refractivity contribution is 5.87. The maximum Gasteiger partial charge on any atom is 0.333 e. The van der Waals surface area contributed by atoms with E-state index < -0.39 is 11.9 Å². The van der Waals surface area contributed by atoms with Crippen molar-refractivity contribution in [1.82, 2.24) is 0 Å². The zero-order valence-electron chi connectivity index (χ0n) is 10.1. The molecule has 5 heteroatoms. The molecule has 96 valence electrons. The lowest BCUT2D eigenvalue weighted by Crippen LogP contribution is -2.07. The summed E-state index contributed by atoms with van der Waals surface area (Å²) in [5.74, 6) is -1.42. The van der Waals surface area contributed by atoms with Gasteiger partial charge in [0, 0.05) is 24.2 Å². The summed E-state index contributed by atoms with van der Waals surface area (Å²) in [6.07, 6.45) is 3.89. The van der Waals surface area contributed by atoms with Crippen molar-refractivity contribution < 1.29 is 24.5 Å². The van der Waals surface area contributed by atoms with Crippen LogP contribution in [0.2, 0.25) is 0 Å². The molecule has 0 aromatic rings. The summed E-state index contributed by atoms with van der Waals surface area (Å²) in [6.45, 7) is 3.23. The van der Waals surface area contributed by atoms with Crippen molar-refractivity contribution in [3.8, 4) is 0 Å². The molecule has 0 unspecified atom stereocenters. The van der Waals surface area contributed by atoms with Gasteiger partial charge in [-0.2, -0.15) is 0 Å². The number of ether oxygens (including phenoxy) is 1. The summed E-state index contributed by atoms with van der Waals surface area (Å²) in [5.41, 5.74) is 0.673. The Kier molecular flexibility index (Phi) is 7.71. The number of aliphatic carboxylic acids is 1. The maximum absolute atomic E-state index is 11.3. The van der Waals surface area contributed by atoms with E-state index in [1.165, 1.54) is 13.0 Å². The SMILES string of the molecule is CC(=CCCOC(=O)C(C)=CCCO)C(=O)O. The number of esters is 1. The van der Waals surface area contributed by atoms with E-state index in [4.69, 9.17) is 14.9 Å². The van der Waals surface area contributed by atoms with Gasteiger partial charge in [-0.15, -0.1) is 0 Å². The van der Waals surface area contributed by atoms with Crippen molar-refractivity contribution in [3.63, 3.8) is 0 Å². The van der Waals surface area contributed by atoms with Gasteiger partial charge in [0.2, 0.25) is 0 Å². The quantitative estimate of drug-likeness (QED) is 0.399. The van der Waals surface area contributed by atoms with Gasteiger partial charge >= 0.3 is 11.9 Å². The molecule has 0 amide bonds. The molecule has 0 aliphatic carbocycles. The van der Waals surface area contributed by atoms with Crippen LogP contribution in [0.5, 0.6) is 0 Å². The number of carboxylic acid groups (broad SMARTS) is 1. The first-order valence-corrected chi connectivity index (χ1v) is 5.33. The summed E-state index contributed by atoms with van der Waals surface area (Å²) in [4.78, 5) is 21.8. The Morgan fingerprint density at radius 1 is 1.12 bits per heavy atom. The van der Waals surface area contributed by atoms with E-state index in [1.807, 2.05) is 0 Å². The van der Waals surface area contributed by atoms with E-state index in [-0.39, 0.29) is 18.8 Å². The second-order valence-corrected chi connectivity index (χ2v) is 3.52. The fourth-order valence-corrected chi connectivity index (χ4v) is 0.993. The molecule has 0 radical (unpaired) electrons. The predicted molar refractivity (Wildman–Crippen MR) is 62.4 cm³/mol. The van der Waals surface area contributed by atoms with Gasteiger partial charge in [0.1, 0.15) is 0 Å². The molecule has 0 spiro atoms. The highest BCUT2D eigenvalue weighted by atomic mass is 16.5. The monoisotopic (exact) mass is 242 g/mol. The Morgan fingerprint density at radius 2 is 1.71 bits per heavy atom. The Balaban J connectivity index is 3.94. The fourth-order valence-electron chi connectivity index (χ4n) is 0.993. The van der Waals surface area contributed by atoms with Crippen LogP contribution in [0.15, 0.2) is 23.3 Å². The first-order chi connectivity index (χ1) is 7.99. The molecule has 0 aliphatic heterocycles. The van der Waals surface area contributed by atoms with Gasteiger partial charge < -0.3 is 14.9 Å². The summed E-state index contributed by atoms with van der Waals surface area (Å²) in [6, 6.07) is 0. The molecule has 0 fully saturated rings. The lowest BCUT2D eigenvalue weighted by atomic mass is 10.2. The molecule has 0 heterocycles. The van der Waals surface area contributed by atoms with Crippen molar-refractivity contribution in [3.05, 3.63) is 23.3 Å². The number of aliphatic hydroxyl groups is 1. The van der Waals surface area contributed by atoms with Crippen LogP contribution in [0.25, 0.3) is 0 Å². The van der Waals surface area contributed by atoms with Gasteiger partial charge in [0.15, 0.2) is 0 Å². The zero-order valence-corrected chi connectivity index (χ0v) is 10.1. The highest BCUT2D eigenvalue weighted by Gasteiger charge is 2.04. The Bertz CT molecular complexity index is 328. The fraction of sp³-hybridized carbons (Fsp3) is 0.500. The molecule has 5 nitrogen and oxygen atoms in total. The Morgan fingerprint density at radius 3 is 2.24 bits per heavy atom. The van der Waals surface area contributed by atoms with Crippen molar-refractivity contribution >= 4 is 11.9 Å². The molecule has 0 aromatic heterocycles. The average Bonchev–Trinajstić information content (AvgIpc) is 2.30. The Hall–Kier alpha value is -1.62. The zero-order chi connectivity index (χ0) is 13.3. The largest absolute Gasteiger partial charge is 0.478 e. The standard InChI is InChI=1S/C12H18O5/c1-9(11(14)15)6-4-8-17-12(16)10(2)5-3-7-13/h5-6,13H,3-4,7-8H2,1-2H3,(H,14,15). The molecule has 2 N–H and O–H groups in total. The third-order valence-corrected chi connectivity index (χ3v) is 2.04.